The zero-order valence-electron chi connectivity index (χ0n) is 11.9. The van der Waals surface area contributed by atoms with Crippen molar-refractivity contribution in [2.24, 2.45) is 0 Å². The summed E-state index contributed by atoms with van der Waals surface area (Å²) in [5.74, 6) is 0. The van der Waals surface area contributed by atoms with Gasteiger partial charge < -0.3 is 10.2 Å². The van der Waals surface area contributed by atoms with Crippen molar-refractivity contribution in [2.45, 2.75) is 37.1 Å². The van der Waals surface area contributed by atoms with Crippen LogP contribution >= 0.6 is 0 Å². The maximum absolute atomic E-state index is 12.0. The van der Waals surface area contributed by atoms with Crippen LogP contribution in [0.25, 0.3) is 0 Å². The molecule has 5 heteroatoms. The molecule has 1 fully saturated rings. The third kappa shape index (κ3) is 2.56. The SMILES string of the molecule is CS(=O)(=O)C1CCCC1N1CCNCc2ccccc21. The molecule has 4 nitrogen and oxygen atoms in total. The van der Waals surface area contributed by atoms with Gasteiger partial charge in [-0.2, -0.15) is 0 Å². The van der Waals surface area contributed by atoms with E-state index < -0.39 is 9.84 Å². The normalized spacial score (nSPS) is 27.1. The number of anilines is 1. The maximum atomic E-state index is 12.0. The van der Waals surface area contributed by atoms with E-state index in [1.807, 2.05) is 12.1 Å². The van der Waals surface area contributed by atoms with Crippen molar-refractivity contribution in [1.82, 2.24) is 5.32 Å². The summed E-state index contributed by atoms with van der Waals surface area (Å²) < 4.78 is 24.1. The number of hydrogen-bond acceptors (Lipinski definition) is 4. The third-order valence-corrected chi connectivity index (χ3v) is 6.16. The molecular weight excluding hydrogens is 272 g/mol. The molecule has 2 atom stereocenters. The highest BCUT2D eigenvalue weighted by Gasteiger charge is 2.39. The molecule has 1 aromatic rings. The Morgan fingerprint density at radius 2 is 2.05 bits per heavy atom. The Balaban J connectivity index is 1.97. The monoisotopic (exact) mass is 294 g/mol. The lowest BCUT2D eigenvalue weighted by atomic mass is 10.1. The van der Waals surface area contributed by atoms with Crippen LogP contribution in [0.4, 0.5) is 5.69 Å². The van der Waals surface area contributed by atoms with Crippen molar-refractivity contribution in [3.8, 4) is 0 Å². The highest BCUT2D eigenvalue weighted by atomic mass is 32.2. The summed E-state index contributed by atoms with van der Waals surface area (Å²) in [6, 6.07) is 8.48. The van der Waals surface area contributed by atoms with Crippen molar-refractivity contribution < 1.29 is 8.42 Å². The van der Waals surface area contributed by atoms with Crippen LogP contribution in [-0.4, -0.2) is 39.1 Å². The molecule has 0 bridgehead atoms. The molecule has 0 aromatic heterocycles. The molecule has 1 aliphatic heterocycles. The molecule has 20 heavy (non-hydrogen) atoms. The smallest absolute Gasteiger partial charge is 0.152 e. The fourth-order valence-electron chi connectivity index (χ4n) is 3.59. The molecule has 2 unspecified atom stereocenters. The summed E-state index contributed by atoms with van der Waals surface area (Å²) in [5, 5.41) is 3.21. The first-order valence-electron chi connectivity index (χ1n) is 7.31. The van der Waals surface area contributed by atoms with Crippen molar-refractivity contribution in [3.63, 3.8) is 0 Å². The van der Waals surface area contributed by atoms with Gasteiger partial charge in [0.05, 0.1) is 5.25 Å². The van der Waals surface area contributed by atoms with E-state index in [2.05, 4.69) is 22.3 Å². The third-order valence-electron chi connectivity index (χ3n) is 4.51. The Morgan fingerprint density at radius 1 is 1.25 bits per heavy atom. The minimum absolute atomic E-state index is 0.131. The molecule has 0 amide bonds. The Bertz CT molecular complexity index is 585. The predicted octanol–water partition coefficient (Wildman–Crippen LogP) is 1.56. The van der Waals surface area contributed by atoms with Crippen LogP contribution in [-0.2, 0) is 16.4 Å². The second-order valence-electron chi connectivity index (χ2n) is 5.87. The molecule has 110 valence electrons. The minimum Gasteiger partial charge on any atom is -0.366 e. The first-order chi connectivity index (χ1) is 9.57. The molecular formula is C15H22N2O2S. The van der Waals surface area contributed by atoms with Crippen LogP contribution in [0.3, 0.4) is 0 Å². The molecule has 3 rings (SSSR count). The minimum atomic E-state index is -2.98. The van der Waals surface area contributed by atoms with E-state index in [1.54, 1.807) is 0 Å². The van der Waals surface area contributed by atoms with Crippen molar-refractivity contribution in [1.29, 1.82) is 0 Å². The molecule has 1 saturated carbocycles. The predicted molar refractivity (Wildman–Crippen MR) is 81.8 cm³/mol. The van der Waals surface area contributed by atoms with Crippen LogP contribution in [0.2, 0.25) is 0 Å². The van der Waals surface area contributed by atoms with Gasteiger partial charge in [0.1, 0.15) is 0 Å². The molecule has 1 heterocycles. The van der Waals surface area contributed by atoms with Gasteiger partial charge in [0.15, 0.2) is 9.84 Å². The van der Waals surface area contributed by atoms with Gasteiger partial charge in [0.2, 0.25) is 0 Å². The van der Waals surface area contributed by atoms with Crippen LogP contribution in [0, 0.1) is 0 Å². The van der Waals surface area contributed by atoms with Crippen molar-refractivity contribution >= 4 is 15.5 Å². The Kier molecular flexibility index (Phi) is 3.73. The average Bonchev–Trinajstić information content (AvgIpc) is 2.80. The summed E-state index contributed by atoms with van der Waals surface area (Å²) in [6.07, 6.45) is 4.17. The van der Waals surface area contributed by atoms with Crippen LogP contribution in [0.5, 0.6) is 0 Å². The molecule has 0 saturated heterocycles. The second kappa shape index (κ2) is 5.37. The summed E-state index contributed by atoms with van der Waals surface area (Å²) in [7, 11) is -2.98. The van der Waals surface area contributed by atoms with Gasteiger partial charge in [-0.05, 0) is 30.9 Å². The van der Waals surface area contributed by atoms with Crippen LogP contribution < -0.4 is 10.2 Å². The number of nitrogens with one attached hydrogen (secondary N) is 1. The topological polar surface area (TPSA) is 49.4 Å². The zero-order chi connectivity index (χ0) is 14.2. The molecule has 1 N–H and O–H groups in total. The quantitative estimate of drug-likeness (QED) is 0.899. The Hall–Kier alpha value is -1.07. The molecule has 0 spiro atoms. The number of nitrogens with zero attached hydrogens (tertiary/aromatic N) is 1. The van der Waals surface area contributed by atoms with E-state index >= 15 is 0 Å². The largest absolute Gasteiger partial charge is 0.366 e. The van der Waals surface area contributed by atoms with E-state index in [9.17, 15) is 8.42 Å². The van der Waals surface area contributed by atoms with Gasteiger partial charge in [0.25, 0.3) is 0 Å². The summed E-state index contributed by atoms with van der Waals surface area (Å²) in [6.45, 7) is 2.65. The lowest BCUT2D eigenvalue weighted by Crippen LogP contribution is -2.45. The lowest BCUT2D eigenvalue weighted by molar-refractivity contribution is 0.553. The fraction of sp³-hybridized carbons (Fsp3) is 0.600. The number of benzene rings is 1. The van der Waals surface area contributed by atoms with E-state index in [0.717, 1.165) is 38.9 Å². The van der Waals surface area contributed by atoms with Crippen LogP contribution in [0.1, 0.15) is 24.8 Å². The highest BCUT2D eigenvalue weighted by molar-refractivity contribution is 7.91. The first kappa shape index (κ1) is 13.9. The molecule has 2 aliphatic rings. The number of hydrogen-bond donors (Lipinski definition) is 1. The van der Waals surface area contributed by atoms with Gasteiger partial charge in [0, 0.05) is 37.6 Å². The standard InChI is InChI=1S/C15H22N2O2S/c1-20(18,19)15-8-4-7-14(15)17-10-9-16-11-12-5-2-3-6-13(12)17/h2-3,5-6,14-16H,4,7-11H2,1H3. The van der Waals surface area contributed by atoms with E-state index in [1.165, 1.54) is 17.5 Å². The fourth-order valence-corrected chi connectivity index (χ4v) is 5.04. The number of sulfone groups is 1. The van der Waals surface area contributed by atoms with Crippen LogP contribution in [0.15, 0.2) is 24.3 Å². The maximum Gasteiger partial charge on any atom is 0.152 e. The molecule has 1 aromatic carbocycles. The van der Waals surface area contributed by atoms with Gasteiger partial charge in [-0.3, -0.25) is 0 Å². The zero-order valence-corrected chi connectivity index (χ0v) is 12.7. The first-order valence-corrected chi connectivity index (χ1v) is 9.27. The number of fused-ring (bicyclic) bond motifs is 1. The lowest BCUT2D eigenvalue weighted by Gasteiger charge is -2.34. The van der Waals surface area contributed by atoms with E-state index in [0.29, 0.717) is 0 Å². The van der Waals surface area contributed by atoms with E-state index in [4.69, 9.17) is 0 Å². The number of para-hydroxylation sites is 1. The van der Waals surface area contributed by atoms with Gasteiger partial charge in [-0.15, -0.1) is 0 Å². The van der Waals surface area contributed by atoms with Gasteiger partial charge in [-0.1, -0.05) is 18.2 Å². The van der Waals surface area contributed by atoms with Gasteiger partial charge in [-0.25, -0.2) is 8.42 Å². The summed E-state index contributed by atoms with van der Waals surface area (Å²) in [5.41, 5.74) is 2.47. The van der Waals surface area contributed by atoms with Crippen molar-refractivity contribution in [3.05, 3.63) is 29.8 Å². The number of rotatable bonds is 2. The van der Waals surface area contributed by atoms with Gasteiger partial charge >= 0.3 is 0 Å². The summed E-state index contributed by atoms with van der Waals surface area (Å²) in [4.78, 5) is 2.33. The summed E-state index contributed by atoms with van der Waals surface area (Å²) >= 11 is 0. The highest BCUT2D eigenvalue weighted by Crippen LogP contribution is 2.34. The van der Waals surface area contributed by atoms with E-state index in [-0.39, 0.29) is 11.3 Å². The molecule has 1 aliphatic carbocycles. The second-order valence-corrected chi connectivity index (χ2v) is 8.13. The van der Waals surface area contributed by atoms with Crippen molar-refractivity contribution in [2.75, 3.05) is 24.2 Å². The molecule has 0 radical (unpaired) electrons. The average molecular weight is 294 g/mol. The Labute approximate surface area is 121 Å². The Morgan fingerprint density at radius 3 is 2.85 bits per heavy atom.